The summed E-state index contributed by atoms with van der Waals surface area (Å²) in [5.41, 5.74) is -0.668. The van der Waals surface area contributed by atoms with Crippen LogP contribution < -0.4 is 9.64 Å². The minimum absolute atomic E-state index is 0.0193. The summed E-state index contributed by atoms with van der Waals surface area (Å²) in [5, 5.41) is 9.80. The number of likely N-dealkylation sites (tertiary alicyclic amines) is 1. The normalized spacial score (nSPS) is 18.8. The highest BCUT2D eigenvalue weighted by molar-refractivity contribution is 5.86. The molecule has 3 heterocycles. The number of carboxylic acid groups (broad SMARTS) is 1. The maximum atomic E-state index is 13.3. The van der Waals surface area contributed by atoms with E-state index >= 15 is 0 Å². The van der Waals surface area contributed by atoms with E-state index in [0.717, 1.165) is 19.0 Å². The summed E-state index contributed by atoms with van der Waals surface area (Å²) < 4.78 is 6.09. The Balaban J connectivity index is 1.57. The SMILES string of the molecule is CC(C)[C@@H](C(=O)N1CCC(Oc2cnc(N3CCCCC3)nc2)CC1)N(C(=O)O)C(C)(C)C. The summed E-state index contributed by atoms with van der Waals surface area (Å²) >= 11 is 0. The van der Waals surface area contributed by atoms with Crippen molar-refractivity contribution in [3.8, 4) is 5.75 Å². The van der Waals surface area contributed by atoms with Gasteiger partial charge in [-0.05, 0) is 46.0 Å². The van der Waals surface area contributed by atoms with Crippen molar-refractivity contribution in [3.05, 3.63) is 12.4 Å². The zero-order valence-corrected chi connectivity index (χ0v) is 20.7. The predicted molar refractivity (Wildman–Crippen MR) is 127 cm³/mol. The van der Waals surface area contributed by atoms with E-state index in [-0.39, 0.29) is 17.9 Å². The van der Waals surface area contributed by atoms with Gasteiger partial charge in [0.25, 0.3) is 0 Å². The van der Waals surface area contributed by atoms with Crippen LogP contribution in [0.1, 0.15) is 66.7 Å². The van der Waals surface area contributed by atoms with Crippen molar-refractivity contribution in [2.24, 2.45) is 5.92 Å². The van der Waals surface area contributed by atoms with Gasteiger partial charge in [0.1, 0.15) is 12.1 Å². The van der Waals surface area contributed by atoms with Crippen LogP contribution in [-0.2, 0) is 4.79 Å². The average molecular weight is 462 g/mol. The average Bonchev–Trinajstić information content (AvgIpc) is 2.77. The summed E-state index contributed by atoms with van der Waals surface area (Å²) in [7, 11) is 0. The van der Waals surface area contributed by atoms with Crippen LogP contribution in [0.15, 0.2) is 12.4 Å². The van der Waals surface area contributed by atoms with Gasteiger partial charge in [-0.15, -0.1) is 0 Å². The zero-order chi connectivity index (χ0) is 24.2. The number of aromatic nitrogens is 2. The van der Waals surface area contributed by atoms with E-state index in [9.17, 15) is 14.7 Å². The number of piperidine rings is 2. The predicted octanol–water partition coefficient (Wildman–Crippen LogP) is 3.64. The van der Waals surface area contributed by atoms with Crippen molar-refractivity contribution in [1.29, 1.82) is 0 Å². The first-order chi connectivity index (χ1) is 15.6. The minimum atomic E-state index is -1.07. The number of hydrogen-bond donors (Lipinski definition) is 1. The number of anilines is 1. The lowest BCUT2D eigenvalue weighted by molar-refractivity contribution is -0.141. The molecule has 0 spiro atoms. The van der Waals surface area contributed by atoms with Crippen LogP contribution in [0.5, 0.6) is 5.75 Å². The maximum absolute atomic E-state index is 13.3. The third-order valence-electron chi connectivity index (χ3n) is 6.40. The molecule has 2 aliphatic rings. The molecule has 0 aromatic carbocycles. The molecule has 2 aliphatic heterocycles. The Morgan fingerprint density at radius 2 is 1.64 bits per heavy atom. The van der Waals surface area contributed by atoms with Crippen LogP contribution in [0, 0.1) is 5.92 Å². The van der Waals surface area contributed by atoms with Gasteiger partial charge < -0.3 is 19.6 Å². The second kappa shape index (κ2) is 10.6. The molecule has 9 nitrogen and oxygen atoms in total. The van der Waals surface area contributed by atoms with E-state index in [1.165, 1.54) is 24.2 Å². The van der Waals surface area contributed by atoms with E-state index in [4.69, 9.17) is 4.74 Å². The molecule has 184 valence electrons. The van der Waals surface area contributed by atoms with Crippen LogP contribution in [0.2, 0.25) is 0 Å². The van der Waals surface area contributed by atoms with Gasteiger partial charge in [0.05, 0.1) is 12.4 Å². The summed E-state index contributed by atoms with van der Waals surface area (Å²) in [6.45, 7) is 12.3. The van der Waals surface area contributed by atoms with E-state index in [1.807, 2.05) is 34.6 Å². The van der Waals surface area contributed by atoms with Crippen molar-refractivity contribution in [3.63, 3.8) is 0 Å². The van der Waals surface area contributed by atoms with Gasteiger partial charge in [-0.25, -0.2) is 14.8 Å². The third-order valence-corrected chi connectivity index (χ3v) is 6.40. The Bertz CT molecular complexity index is 794. The molecule has 2 saturated heterocycles. The lowest BCUT2D eigenvalue weighted by Gasteiger charge is -2.43. The molecule has 0 radical (unpaired) electrons. The standard InChI is InChI=1S/C24H39N5O4/c1-17(2)20(29(23(31)32)24(3,4)5)21(30)27-13-9-18(10-14-27)33-19-15-25-22(26-16-19)28-11-7-6-8-12-28/h15-18,20H,6-14H2,1-5H3,(H,31,32)/t20-/m0/s1. The molecule has 3 rings (SSSR count). The highest BCUT2D eigenvalue weighted by Gasteiger charge is 2.41. The lowest BCUT2D eigenvalue weighted by Crippen LogP contribution is -2.60. The Morgan fingerprint density at radius 1 is 1.06 bits per heavy atom. The second-order valence-corrected chi connectivity index (χ2v) is 10.4. The largest absolute Gasteiger partial charge is 0.487 e. The van der Waals surface area contributed by atoms with Crippen LogP contribution in [0.3, 0.4) is 0 Å². The van der Waals surface area contributed by atoms with Crippen molar-refractivity contribution in [1.82, 2.24) is 19.8 Å². The number of carbonyl (C=O) groups excluding carboxylic acids is 1. The van der Waals surface area contributed by atoms with Gasteiger partial charge in [-0.1, -0.05) is 13.8 Å². The topological polar surface area (TPSA) is 99.1 Å². The fraction of sp³-hybridized carbons (Fsp3) is 0.750. The van der Waals surface area contributed by atoms with Crippen molar-refractivity contribution in [2.75, 3.05) is 31.1 Å². The Hall–Kier alpha value is -2.58. The molecule has 9 heteroatoms. The van der Waals surface area contributed by atoms with Crippen LogP contribution in [0.25, 0.3) is 0 Å². The minimum Gasteiger partial charge on any atom is -0.487 e. The number of nitrogens with zero attached hydrogens (tertiary/aromatic N) is 5. The monoisotopic (exact) mass is 461 g/mol. The Labute approximate surface area is 197 Å². The molecular weight excluding hydrogens is 422 g/mol. The number of carbonyl (C=O) groups is 2. The molecule has 1 aromatic heterocycles. The summed E-state index contributed by atoms with van der Waals surface area (Å²) in [4.78, 5) is 39.6. The van der Waals surface area contributed by atoms with Crippen LogP contribution in [-0.4, -0.2) is 80.7 Å². The molecule has 1 N–H and O–H groups in total. The fourth-order valence-corrected chi connectivity index (χ4v) is 4.72. The molecule has 2 amide bonds. The van der Waals surface area contributed by atoms with E-state index in [2.05, 4.69) is 14.9 Å². The van der Waals surface area contributed by atoms with Crippen molar-refractivity contribution < 1.29 is 19.4 Å². The Kier molecular flexibility index (Phi) is 8.02. The van der Waals surface area contributed by atoms with Crippen LogP contribution in [0.4, 0.5) is 10.7 Å². The van der Waals surface area contributed by atoms with Gasteiger partial charge in [0, 0.05) is 44.6 Å². The number of hydrogen-bond acceptors (Lipinski definition) is 6. The van der Waals surface area contributed by atoms with Gasteiger partial charge >= 0.3 is 6.09 Å². The van der Waals surface area contributed by atoms with Gasteiger partial charge in [-0.2, -0.15) is 0 Å². The summed E-state index contributed by atoms with van der Waals surface area (Å²) in [6, 6.07) is -0.712. The lowest BCUT2D eigenvalue weighted by atomic mass is 9.94. The zero-order valence-electron chi connectivity index (χ0n) is 20.7. The first-order valence-electron chi connectivity index (χ1n) is 12.1. The fourth-order valence-electron chi connectivity index (χ4n) is 4.72. The maximum Gasteiger partial charge on any atom is 0.408 e. The van der Waals surface area contributed by atoms with Crippen molar-refractivity contribution >= 4 is 17.9 Å². The second-order valence-electron chi connectivity index (χ2n) is 10.4. The smallest absolute Gasteiger partial charge is 0.408 e. The molecular formula is C24H39N5O4. The van der Waals surface area contributed by atoms with Gasteiger partial charge in [0.15, 0.2) is 5.75 Å². The first-order valence-corrected chi connectivity index (χ1v) is 12.1. The van der Waals surface area contributed by atoms with Gasteiger partial charge in [-0.3, -0.25) is 9.69 Å². The molecule has 0 aliphatic carbocycles. The van der Waals surface area contributed by atoms with E-state index < -0.39 is 17.7 Å². The summed E-state index contributed by atoms with van der Waals surface area (Å²) in [5.74, 6) is 1.14. The van der Waals surface area contributed by atoms with Crippen molar-refractivity contribution in [2.45, 2.75) is 84.4 Å². The van der Waals surface area contributed by atoms with E-state index in [0.29, 0.717) is 31.7 Å². The van der Waals surface area contributed by atoms with Crippen LogP contribution >= 0.6 is 0 Å². The molecule has 1 aromatic rings. The number of amides is 2. The highest BCUT2D eigenvalue weighted by Crippen LogP contribution is 2.26. The van der Waals surface area contributed by atoms with E-state index in [1.54, 1.807) is 17.3 Å². The molecule has 0 unspecified atom stereocenters. The number of ether oxygens (including phenoxy) is 1. The highest BCUT2D eigenvalue weighted by atomic mass is 16.5. The third kappa shape index (κ3) is 6.26. The molecule has 0 bridgehead atoms. The van der Waals surface area contributed by atoms with Gasteiger partial charge in [0.2, 0.25) is 11.9 Å². The molecule has 1 atom stereocenters. The molecule has 0 saturated carbocycles. The Morgan fingerprint density at radius 3 is 2.12 bits per heavy atom. The molecule has 33 heavy (non-hydrogen) atoms. The summed E-state index contributed by atoms with van der Waals surface area (Å²) in [6.07, 6.45) is 7.37. The molecule has 2 fully saturated rings. The number of rotatable bonds is 6. The first kappa shape index (κ1) is 25.1. The quantitative estimate of drug-likeness (QED) is 0.690.